The Morgan fingerprint density at radius 3 is 2.80 bits per heavy atom. The average Bonchev–Trinajstić information content (AvgIpc) is 3.00. The lowest BCUT2D eigenvalue weighted by atomic mass is 10.3. The summed E-state index contributed by atoms with van der Waals surface area (Å²) in [6, 6.07) is 5.89. The Labute approximate surface area is 151 Å². The number of benzene rings is 1. The van der Waals surface area contributed by atoms with Gasteiger partial charge in [-0.1, -0.05) is 13.0 Å². The van der Waals surface area contributed by atoms with E-state index in [2.05, 4.69) is 17.2 Å². The SMILES string of the molecule is CCc1nc(CN(C)CCC(=O)Nc2cccc(S(N)(=O)=O)c2)cs1. The van der Waals surface area contributed by atoms with Gasteiger partial charge in [0.05, 0.1) is 15.6 Å². The highest BCUT2D eigenvalue weighted by molar-refractivity contribution is 7.89. The van der Waals surface area contributed by atoms with E-state index in [1.807, 2.05) is 17.3 Å². The van der Waals surface area contributed by atoms with Gasteiger partial charge in [0.15, 0.2) is 0 Å². The van der Waals surface area contributed by atoms with Crippen molar-refractivity contribution in [1.29, 1.82) is 0 Å². The summed E-state index contributed by atoms with van der Waals surface area (Å²) < 4.78 is 22.7. The second-order valence-corrected chi connectivity index (χ2v) is 8.20. The number of nitrogens with zero attached hydrogens (tertiary/aromatic N) is 2. The van der Waals surface area contributed by atoms with Gasteiger partial charge in [0.25, 0.3) is 0 Å². The topological polar surface area (TPSA) is 105 Å². The van der Waals surface area contributed by atoms with E-state index in [1.54, 1.807) is 17.4 Å². The van der Waals surface area contributed by atoms with Crippen molar-refractivity contribution in [2.45, 2.75) is 31.2 Å². The number of thiazole rings is 1. The monoisotopic (exact) mass is 382 g/mol. The molecular formula is C16H22N4O3S2. The van der Waals surface area contributed by atoms with Crippen LogP contribution in [-0.4, -0.2) is 37.8 Å². The van der Waals surface area contributed by atoms with Crippen LogP contribution in [0.4, 0.5) is 5.69 Å². The summed E-state index contributed by atoms with van der Waals surface area (Å²) in [6.07, 6.45) is 1.22. The lowest BCUT2D eigenvalue weighted by Crippen LogP contribution is -2.24. The summed E-state index contributed by atoms with van der Waals surface area (Å²) >= 11 is 1.64. The second kappa shape index (κ2) is 8.52. The van der Waals surface area contributed by atoms with Gasteiger partial charge >= 0.3 is 0 Å². The number of hydrogen-bond acceptors (Lipinski definition) is 6. The molecule has 7 nitrogen and oxygen atoms in total. The third kappa shape index (κ3) is 6.20. The summed E-state index contributed by atoms with van der Waals surface area (Å²) in [4.78, 5) is 18.5. The van der Waals surface area contributed by atoms with Crippen LogP contribution in [0.2, 0.25) is 0 Å². The molecule has 0 unspecified atom stereocenters. The molecule has 0 aliphatic rings. The standard InChI is InChI=1S/C16H22N4O3S2/c1-3-16-19-13(11-24-16)10-20(2)8-7-15(21)18-12-5-4-6-14(9-12)25(17,22)23/h4-6,9,11H,3,7-8,10H2,1-2H3,(H,18,21)(H2,17,22,23). The van der Waals surface area contributed by atoms with Crippen molar-refractivity contribution in [2.75, 3.05) is 18.9 Å². The first-order valence-electron chi connectivity index (χ1n) is 7.82. The van der Waals surface area contributed by atoms with Gasteiger partial charge in [0.2, 0.25) is 15.9 Å². The van der Waals surface area contributed by atoms with E-state index in [0.717, 1.165) is 17.1 Å². The Morgan fingerprint density at radius 1 is 1.40 bits per heavy atom. The summed E-state index contributed by atoms with van der Waals surface area (Å²) in [5.41, 5.74) is 1.41. The number of anilines is 1. The first kappa shape index (κ1) is 19.5. The zero-order valence-electron chi connectivity index (χ0n) is 14.2. The number of sulfonamides is 1. The van der Waals surface area contributed by atoms with Crippen LogP contribution in [0.25, 0.3) is 0 Å². The number of carbonyl (C=O) groups excluding carboxylic acids is 1. The zero-order chi connectivity index (χ0) is 18.4. The molecule has 0 fully saturated rings. The highest BCUT2D eigenvalue weighted by atomic mass is 32.2. The molecule has 0 aliphatic carbocycles. The number of hydrogen-bond donors (Lipinski definition) is 2. The van der Waals surface area contributed by atoms with Crippen LogP contribution in [0.1, 0.15) is 24.0 Å². The third-order valence-corrected chi connectivity index (χ3v) is 5.45. The Bertz CT molecular complexity index is 833. The van der Waals surface area contributed by atoms with E-state index in [9.17, 15) is 13.2 Å². The lowest BCUT2D eigenvalue weighted by molar-refractivity contribution is -0.116. The molecule has 0 atom stereocenters. The summed E-state index contributed by atoms with van der Waals surface area (Å²) in [5.74, 6) is -0.189. The van der Waals surface area contributed by atoms with Gasteiger partial charge in [-0.05, 0) is 31.7 Å². The fraction of sp³-hybridized carbons (Fsp3) is 0.375. The second-order valence-electron chi connectivity index (χ2n) is 5.69. The van der Waals surface area contributed by atoms with Crippen LogP contribution in [0.3, 0.4) is 0 Å². The van der Waals surface area contributed by atoms with E-state index in [0.29, 0.717) is 25.2 Å². The highest BCUT2D eigenvalue weighted by Crippen LogP contribution is 2.15. The van der Waals surface area contributed by atoms with Crippen molar-refractivity contribution in [1.82, 2.24) is 9.88 Å². The molecule has 0 spiro atoms. The molecule has 0 radical (unpaired) electrons. The summed E-state index contributed by atoms with van der Waals surface area (Å²) in [6.45, 7) is 3.33. The van der Waals surface area contributed by atoms with Crippen molar-refractivity contribution in [3.05, 3.63) is 40.3 Å². The van der Waals surface area contributed by atoms with Gasteiger partial charge in [-0.15, -0.1) is 11.3 Å². The lowest BCUT2D eigenvalue weighted by Gasteiger charge is -2.15. The van der Waals surface area contributed by atoms with Crippen molar-refractivity contribution in [2.24, 2.45) is 5.14 Å². The number of aryl methyl sites for hydroxylation is 1. The molecule has 136 valence electrons. The number of carbonyl (C=O) groups is 1. The van der Waals surface area contributed by atoms with Crippen molar-refractivity contribution >= 4 is 33.0 Å². The van der Waals surface area contributed by atoms with Crippen LogP contribution in [-0.2, 0) is 27.8 Å². The molecule has 2 aromatic rings. The van der Waals surface area contributed by atoms with Crippen molar-refractivity contribution < 1.29 is 13.2 Å². The van der Waals surface area contributed by atoms with Gasteiger partial charge < -0.3 is 10.2 Å². The number of aromatic nitrogens is 1. The Hall–Kier alpha value is -1.81. The largest absolute Gasteiger partial charge is 0.326 e. The number of amides is 1. The fourth-order valence-electron chi connectivity index (χ4n) is 2.21. The van der Waals surface area contributed by atoms with Gasteiger partial charge in [0.1, 0.15) is 0 Å². The number of nitrogens with one attached hydrogen (secondary N) is 1. The van der Waals surface area contributed by atoms with Crippen LogP contribution in [0, 0.1) is 0 Å². The minimum Gasteiger partial charge on any atom is -0.326 e. The molecule has 0 saturated carbocycles. The first-order valence-corrected chi connectivity index (χ1v) is 10.2. The molecule has 25 heavy (non-hydrogen) atoms. The first-order chi connectivity index (χ1) is 11.8. The maximum absolute atomic E-state index is 12.0. The molecule has 3 N–H and O–H groups in total. The van der Waals surface area contributed by atoms with Crippen molar-refractivity contribution in [3.63, 3.8) is 0 Å². The normalized spacial score (nSPS) is 11.7. The molecule has 1 aromatic heterocycles. The Kier molecular flexibility index (Phi) is 6.65. The fourth-order valence-corrected chi connectivity index (χ4v) is 3.50. The van der Waals surface area contributed by atoms with Crippen molar-refractivity contribution in [3.8, 4) is 0 Å². The number of primary sulfonamides is 1. The number of nitrogens with two attached hydrogens (primary N) is 1. The van der Waals surface area contributed by atoms with Crippen LogP contribution in [0.5, 0.6) is 0 Å². The van der Waals surface area contributed by atoms with Gasteiger partial charge in [0, 0.05) is 30.6 Å². The summed E-state index contributed by atoms with van der Waals surface area (Å²) in [5, 5.41) is 10.9. The van der Waals surface area contributed by atoms with Gasteiger partial charge in [-0.25, -0.2) is 18.5 Å². The van der Waals surface area contributed by atoms with E-state index in [-0.39, 0.29) is 10.8 Å². The molecule has 0 aliphatic heterocycles. The Morgan fingerprint density at radius 2 is 2.16 bits per heavy atom. The molecular weight excluding hydrogens is 360 g/mol. The molecule has 1 amide bonds. The third-order valence-electron chi connectivity index (χ3n) is 3.50. The number of rotatable bonds is 8. The molecule has 0 saturated heterocycles. The van der Waals surface area contributed by atoms with Gasteiger partial charge in [-0.2, -0.15) is 0 Å². The molecule has 1 heterocycles. The predicted octanol–water partition coefficient (Wildman–Crippen LogP) is 1.81. The maximum Gasteiger partial charge on any atom is 0.238 e. The van der Waals surface area contributed by atoms with Gasteiger partial charge in [-0.3, -0.25) is 4.79 Å². The smallest absolute Gasteiger partial charge is 0.238 e. The summed E-state index contributed by atoms with van der Waals surface area (Å²) in [7, 11) is -1.86. The Balaban J connectivity index is 1.84. The van der Waals surface area contributed by atoms with Crippen LogP contribution in [0.15, 0.2) is 34.5 Å². The van der Waals surface area contributed by atoms with E-state index in [1.165, 1.54) is 18.2 Å². The predicted molar refractivity (Wildman–Crippen MR) is 98.9 cm³/mol. The van der Waals surface area contributed by atoms with E-state index in [4.69, 9.17) is 5.14 Å². The minimum atomic E-state index is -3.79. The molecule has 1 aromatic carbocycles. The molecule has 0 bridgehead atoms. The minimum absolute atomic E-state index is 0.0299. The van der Waals surface area contributed by atoms with Crippen LogP contribution >= 0.6 is 11.3 Å². The highest BCUT2D eigenvalue weighted by Gasteiger charge is 2.11. The van der Waals surface area contributed by atoms with E-state index >= 15 is 0 Å². The molecule has 2 rings (SSSR count). The maximum atomic E-state index is 12.0. The average molecular weight is 383 g/mol. The van der Waals surface area contributed by atoms with Crippen LogP contribution < -0.4 is 10.5 Å². The van der Waals surface area contributed by atoms with E-state index < -0.39 is 10.0 Å². The zero-order valence-corrected chi connectivity index (χ0v) is 15.9. The quantitative estimate of drug-likeness (QED) is 0.724. The molecule has 9 heteroatoms.